The summed E-state index contributed by atoms with van der Waals surface area (Å²) in [4.78, 5) is 16.6. The molecule has 1 aromatic heterocycles. The third kappa shape index (κ3) is 2.39. The Morgan fingerprint density at radius 2 is 2.53 bits per heavy atom. The van der Waals surface area contributed by atoms with Crippen molar-refractivity contribution in [2.75, 3.05) is 13.1 Å². The van der Waals surface area contributed by atoms with Gasteiger partial charge in [-0.15, -0.1) is 0 Å². The first kappa shape index (κ1) is 10.2. The zero-order chi connectivity index (χ0) is 10.8. The van der Waals surface area contributed by atoms with Crippen molar-refractivity contribution in [2.45, 2.75) is 25.9 Å². The van der Waals surface area contributed by atoms with Gasteiger partial charge in [-0.05, 0) is 25.0 Å². The molecule has 2 rings (SSSR count). The molecule has 4 heteroatoms. The summed E-state index contributed by atoms with van der Waals surface area (Å²) in [5, 5.41) is 9.32. The maximum absolute atomic E-state index is 11.8. The SMILES string of the molecule is Cc1cc(CC(=O)N2CCC(O)C2)c[nH]1. The lowest BCUT2D eigenvalue weighted by molar-refractivity contribution is -0.129. The topological polar surface area (TPSA) is 56.3 Å². The van der Waals surface area contributed by atoms with Crippen LogP contribution in [0.15, 0.2) is 12.3 Å². The number of aromatic amines is 1. The standard InChI is InChI=1S/C11H16N2O2/c1-8-4-9(6-12-8)5-11(15)13-3-2-10(14)7-13/h4,6,10,12,14H,2-3,5,7H2,1H3. The lowest BCUT2D eigenvalue weighted by Gasteiger charge is -2.14. The van der Waals surface area contributed by atoms with E-state index in [1.807, 2.05) is 19.2 Å². The van der Waals surface area contributed by atoms with Crippen molar-refractivity contribution in [1.82, 2.24) is 9.88 Å². The number of H-pyrrole nitrogens is 1. The maximum atomic E-state index is 11.8. The van der Waals surface area contributed by atoms with Crippen molar-refractivity contribution in [3.8, 4) is 0 Å². The molecular weight excluding hydrogens is 192 g/mol. The number of hydrogen-bond acceptors (Lipinski definition) is 2. The first-order valence-electron chi connectivity index (χ1n) is 5.25. The summed E-state index contributed by atoms with van der Waals surface area (Å²) in [6.07, 6.45) is 2.66. The van der Waals surface area contributed by atoms with Gasteiger partial charge in [-0.25, -0.2) is 0 Å². The third-order valence-electron chi connectivity index (χ3n) is 2.76. The molecule has 1 saturated heterocycles. The van der Waals surface area contributed by atoms with E-state index < -0.39 is 0 Å². The monoisotopic (exact) mass is 208 g/mol. The molecular formula is C11H16N2O2. The summed E-state index contributed by atoms with van der Waals surface area (Å²) in [5.41, 5.74) is 2.08. The number of nitrogens with zero attached hydrogens (tertiary/aromatic N) is 1. The zero-order valence-corrected chi connectivity index (χ0v) is 8.86. The van der Waals surface area contributed by atoms with Gasteiger partial charge >= 0.3 is 0 Å². The molecule has 1 fully saturated rings. The van der Waals surface area contributed by atoms with Crippen LogP contribution in [0.4, 0.5) is 0 Å². The molecule has 0 radical (unpaired) electrons. The molecule has 2 N–H and O–H groups in total. The van der Waals surface area contributed by atoms with Crippen LogP contribution < -0.4 is 0 Å². The van der Waals surface area contributed by atoms with Gasteiger partial charge in [0.2, 0.25) is 5.91 Å². The van der Waals surface area contributed by atoms with Gasteiger partial charge < -0.3 is 15.0 Å². The molecule has 0 aliphatic carbocycles. The van der Waals surface area contributed by atoms with E-state index in [0.717, 1.165) is 11.3 Å². The van der Waals surface area contributed by atoms with Gasteiger partial charge in [0, 0.05) is 25.0 Å². The molecule has 2 heterocycles. The van der Waals surface area contributed by atoms with E-state index in [2.05, 4.69) is 4.98 Å². The van der Waals surface area contributed by atoms with E-state index in [9.17, 15) is 9.90 Å². The maximum Gasteiger partial charge on any atom is 0.227 e. The quantitative estimate of drug-likeness (QED) is 0.741. The van der Waals surface area contributed by atoms with E-state index in [-0.39, 0.29) is 12.0 Å². The van der Waals surface area contributed by atoms with Crippen LogP contribution in [0.2, 0.25) is 0 Å². The van der Waals surface area contributed by atoms with E-state index in [0.29, 0.717) is 25.9 Å². The van der Waals surface area contributed by atoms with Gasteiger partial charge in [-0.1, -0.05) is 0 Å². The van der Waals surface area contributed by atoms with E-state index in [4.69, 9.17) is 0 Å². The largest absolute Gasteiger partial charge is 0.391 e. The average molecular weight is 208 g/mol. The molecule has 1 aliphatic rings. The first-order valence-corrected chi connectivity index (χ1v) is 5.25. The van der Waals surface area contributed by atoms with Gasteiger partial charge in [0.1, 0.15) is 0 Å². The molecule has 1 amide bonds. The van der Waals surface area contributed by atoms with E-state index in [1.54, 1.807) is 4.90 Å². The number of aromatic nitrogens is 1. The summed E-state index contributed by atoms with van der Waals surface area (Å²) in [6, 6.07) is 1.98. The Morgan fingerprint density at radius 1 is 1.73 bits per heavy atom. The molecule has 15 heavy (non-hydrogen) atoms. The molecule has 1 atom stereocenters. The number of aryl methyl sites for hydroxylation is 1. The van der Waals surface area contributed by atoms with Crippen LogP contribution in [0.5, 0.6) is 0 Å². The summed E-state index contributed by atoms with van der Waals surface area (Å²) < 4.78 is 0. The highest BCUT2D eigenvalue weighted by Gasteiger charge is 2.24. The molecule has 0 bridgehead atoms. The van der Waals surface area contributed by atoms with Crippen molar-refractivity contribution in [3.05, 3.63) is 23.5 Å². The summed E-state index contributed by atoms with van der Waals surface area (Å²) in [6.45, 7) is 3.14. The fourth-order valence-corrected chi connectivity index (χ4v) is 1.92. The number of carbonyl (C=O) groups excluding carboxylic acids is 1. The first-order chi connectivity index (χ1) is 7.15. The Kier molecular flexibility index (Phi) is 2.77. The highest BCUT2D eigenvalue weighted by molar-refractivity contribution is 5.79. The predicted molar refractivity (Wildman–Crippen MR) is 56.4 cm³/mol. The van der Waals surface area contributed by atoms with Gasteiger partial charge in [-0.3, -0.25) is 4.79 Å². The number of nitrogens with one attached hydrogen (secondary N) is 1. The van der Waals surface area contributed by atoms with E-state index in [1.165, 1.54) is 0 Å². The molecule has 4 nitrogen and oxygen atoms in total. The lowest BCUT2D eigenvalue weighted by atomic mass is 10.2. The summed E-state index contributed by atoms with van der Waals surface area (Å²) in [5.74, 6) is 0.102. The Morgan fingerprint density at radius 3 is 3.07 bits per heavy atom. The molecule has 1 aliphatic heterocycles. The van der Waals surface area contributed by atoms with Crippen LogP contribution in [0.25, 0.3) is 0 Å². The Hall–Kier alpha value is -1.29. The normalized spacial score (nSPS) is 20.9. The van der Waals surface area contributed by atoms with Crippen molar-refractivity contribution < 1.29 is 9.90 Å². The van der Waals surface area contributed by atoms with Crippen LogP contribution in [-0.2, 0) is 11.2 Å². The predicted octanol–water partition coefficient (Wildman–Crippen LogP) is 0.459. The van der Waals surface area contributed by atoms with Gasteiger partial charge in [0.05, 0.1) is 12.5 Å². The van der Waals surface area contributed by atoms with Crippen LogP contribution in [0.1, 0.15) is 17.7 Å². The molecule has 1 aromatic rings. The number of amides is 1. The highest BCUT2D eigenvalue weighted by atomic mass is 16.3. The number of rotatable bonds is 2. The Bertz CT molecular complexity index is 359. The second kappa shape index (κ2) is 4.06. The van der Waals surface area contributed by atoms with Gasteiger partial charge in [0.15, 0.2) is 0 Å². The summed E-state index contributed by atoms with van der Waals surface area (Å²) in [7, 11) is 0. The minimum atomic E-state index is -0.332. The number of aliphatic hydroxyl groups is 1. The zero-order valence-electron chi connectivity index (χ0n) is 8.86. The Balaban J connectivity index is 1.92. The molecule has 0 saturated carbocycles. The van der Waals surface area contributed by atoms with Crippen molar-refractivity contribution in [1.29, 1.82) is 0 Å². The lowest BCUT2D eigenvalue weighted by Crippen LogP contribution is -2.30. The summed E-state index contributed by atoms with van der Waals surface area (Å²) >= 11 is 0. The molecule has 0 spiro atoms. The van der Waals surface area contributed by atoms with Gasteiger partial charge in [-0.2, -0.15) is 0 Å². The van der Waals surface area contributed by atoms with Crippen molar-refractivity contribution in [2.24, 2.45) is 0 Å². The fourth-order valence-electron chi connectivity index (χ4n) is 1.92. The van der Waals surface area contributed by atoms with Crippen LogP contribution >= 0.6 is 0 Å². The number of aliphatic hydroxyl groups excluding tert-OH is 1. The molecule has 1 unspecified atom stereocenters. The molecule has 82 valence electrons. The second-order valence-corrected chi connectivity index (χ2v) is 4.15. The fraction of sp³-hybridized carbons (Fsp3) is 0.545. The third-order valence-corrected chi connectivity index (χ3v) is 2.76. The number of likely N-dealkylation sites (tertiary alicyclic amines) is 1. The second-order valence-electron chi connectivity index (χ2n) is 4.15. The van der Waals surface area contributed by atoms with Crippen molar-refractivity contribution in [3.63, 3.8) is 0 Å². The minimum absolute atomic E-state index is 0.102. The van der Waals surface area contributed by atoms with Crippen LogP contribution in [0.3, 0.4) is 0 Å². The van der Waals surface area contributed by atoms with E-state index >= 15 is 0 Å². The number of carbonyl (C=O) groups is 1. The van der Waals surface area contributed by atoms with Crippen LogP contribution in [0, 0.1) is 6.92 Å². The minimum Gasteiger partial charge on any atom is -0.391 e. The molecule has 0 aromatic carbocycles. The smallest absolute Gasteiger partial charge is 0.227 e. The van der Waals surface area contributed by atoms with Crippen molar-refractivity contribution >= 4 is 5.91 Å². The average Bonchev–Trinajstić information content (AvgIpc) is 2.75. The highest BCUT2D eigenvalue weighted by Crippen LogP contribution is 2.11. The van der Waals surface area contributed by atoms with Gasteiger partial charge in [0.25, 0.3) is 0 Å². The van der Waals surface area contributed by atoms with Crippen LogP contribution in [-0.4, -0.2) is 40.1 Å². The number of β-amino-alcohol motifs (C(OH)–C–C–N with tert-alkyl or cyclic N) is 1. The number of hydrogen-bond donors (Lipinski definition) is 2. The Labute approximate surface area is 88.9 Å².